The molecule has 0 unspecified atom stereocenters. The Labute approximate surface area is 172 Å². The minimum absolute atomic E-state index is 0.623. The zero-order valence-electron chi connectivity index (χ0n) is 17.4. The second kappa shape index (κ2) is 12.2. The zero-order valence-corrected chi connectivity index (χ0v) is 18.2. The van der Waals surface area contributed by atoms with Crippen molar-refractivity contribution in [3.8, 4) is 11.5 Å². The summed E-state index contributed by atoms with van der Waals surface area (Å²) >= 11 is 1.73. The molecule has 0 aliphatic carbocycles. The van der Waals surface area contributed by atoms with Crippen LogP contribution in [0.5, 0.6) is 11.5 Å². The summed E-state index contributed by atoms with van der Waals surface area (Å²) in [5, 5.41) is 7.83. The third-order valence-electron chi connectivity index (χ3n) is 3.92. The van der Waals surface area contributed by atoms with E-state index >= 15 is 0 Å². The number of nitrogens with zero attached hydrogens (tertiary/aromatic N) is 2. The van der Waals surface area contributed by atoms with Crippen LogP contribution in [0.25, 0.3) is 0 Å². The molecule has 1 aromatic carbocycles. The lowest BCUT2D eigenvalue weighted by Gasteiger charge is -2.14. The van der Waals surface area contributed by atoms with E-state index in [0.717, 1.165) is 54.9 Å². The first-order valence-electron chi connectivity index (χ1n) is 9.98. The van der Waals surface area contributed by atoms with E-state index in [4.69, 9.17) is 9.47 Å². The number of benzene rings is 1. The molecule has 1 heterocycles. The van der Waals surface area contributed by atoms with E-state index in [1.54, 1.807) is 11.3 Å². The van der Waals surface area contributed by atoms with Gasteiger partial charge in [0.15, 0.2) is 17.5 Å². The normalized spacial score (nSPS) is 11.4. The number of hydrogen-bond donors (Lipinski definition) is 2. The monoisotopic (exact) mass is 404 g/mol. The lowest BCUT2D eigenvalue weighted by atomic mass is 10.1. The SMILES string of the molecule is CCNC(=NCCc1ncc(C)s1)NCCc1ccc(OCC)c(OCC)c1. The molecule has 0 aliphatic heterocycles. The molecule has 2 N–H and O–H groups in total. The van der Waals surface area contributed by atoms with Gasteiger partial charge in [-0.25, -0.2) is 4.98 Å². The third kappa shape index (κ3) is 7.38. The van der Waals surface area contributed by atoms with Crippen LogP contribution in [0.2, 0.25) is 0 Å². The van der Waals surface area contributed by atoms with Crippen molar-refractivity contribution < 1.29 is 9.47 Å². The van der Waals surface area contributed by atoms with Gasteiger partial charge in [-0.15, -0.1) is 11.3 Å². The molecule has 0 radical (unpaired) electrons. The number of guanidine groups is 1. The number of aliphatic imine (C=N–C) groups is 1. The number of ether oxygens (including phenoxy) is 2. The number of aromatic nitrogens is 1. The van der Waals surface area contributed by atoms with Crippen molar-refractivity contribution in [3.63, 3.8) is 0 Å². The Bertz CT molecular complexity index is 746. The van der Waals surface area contributed by atoms with Gasteiger partial charge in [0.05, 0.1) is 18.2 Å². The first kappa shape index (κ1) is 22.0. The number of aryl methyl sites for hydroxylation is 1. The summed E-state index contributed by atoms with van der Waals surface area (Å²) < 4.78 is 11.3. The van der Waals surface area contributed by atoms with Gasteiger partial charge in [-0.2, -0.15) is 0 Å². The van der Waals surface area contributed by atoms with Gasteiger partial charge in [0, 0.05) is 37.1 Å². The van der Waals surface area contributed by atoms with Crippen molar-refractivity contribution in [3.05, 3.63) is 39.8 Å². The van der Waals surface area contributed by atoms with E-state index in [-0.39, 0.29) is 0 Å². The fourth-order valence-electron chi connectivity index (χ4n) is 2.70. The highest BCUT2D eigenvalue weighted by molar-refractivity contribution is 7.11. The number of thiazole rings is 1. The first-order valence-corrected chi connectivity index (χ1v) is 10.8. The number of hydrogen-bond acceptors (Lipinski definition) is 5. The molecule has 6 nitrogen and oxygen atoms in total. The fourth-order valence-corrected chi connectivity index (χ4v) is 3.47. The molecule has 0 amide bonds. The van der Waals surface area contributed by atoms with E-state index in [1.807, 2.05) is 26.1 Å². The van der Waals surface area contributed by atoms with Crippen LogP contribution >= 0.6 is 11.3 Å². The summed E-state index contributed by atoms with van der Waals surface area (Å²) in [6.45, 7) is 11.7. The summed E-state index contributed by atoms with van der Waals surface area (Å²) in [6, 6.07) is 6.13. The largest absolute Gasteiger partial charge is 0.490 e. The molecule has 0 fully saturated rings. The van der Waals surface area contributed by atoms with Gasteiger partial charge in [-0.3, -0.25) is 4.99 Å². The van der Waals surface area contributed by atoms with Crippen LogP contribution in [0.3, 0.4) is 0 Å². The molecule has 154 valence electrons. The van der Waals surface area contributed by atoms with Crippen molar-refractivity contribution in [1.82, 2.24) is 15.6 Å². The standard InChI is InChI=1S/C21H32N4O2S/c1-5-22-21(24-13-11-20-25-15-16(4)28-20)23-12-10-17-8-9-18(26-6-2)19(14-17)27-7-3/h8-9,14-15H,5-7,10-13H2,1-4H3,(H2,22,23,24). The van der Waals surface area contributed by atoms with Crippen LogP contribution in [-0.4, -0.2) is 43.8 Å². The minimum atomic E-state index is 0.623. The van der Waals surface area contributed by atoms with Gasteiger partial charge >= 0.3 is 0 Å². The highest BCUT2D eigenvalue weighted by atomic mass is 32.1. The van der Waals surface area contributed by atoms with Crippen LogP contribution in [0, 0.1) is 6.92 Å². The Kier molecular flexibility index (Phi) is 9.62. The molecule has 1 aromatic heterocycles. The summed E-state index contributed by atoms with van der Waals surface area (Å²) in [6.07, 6.45) is 3.66. The zero-order chi connectivity index (χ0) is 20.2. The average Bonchev–Trinajstić information content (AvgIpc) is 3.09. The fraction of sp³-hybridized carbons (Fsp3) is 0.524. The molecule has 0 bridgehead atoms. The van der Waals surface area contributed by atoms with Crippen molar-refractivity contribution in [2.45, 2.75) is 40.5 Å². The summed E-state index contributed by atoms with van der Waals surface area (Å²) in [7, 11) is 0. The highest BCUT2D eigenvalue weighted by Crippen LogP contribution is 2.28. The second-order valence-electron chi connectivity index (χ2n) is 6.20. The molecule has 7 heteroatoms. The Hall–Kier alpha value is -2.28. The van der Waals surface area contributed by atoms with Crippen molar-refractivity contribution >= 4 is 17.3 Å². The minimum Gasteiger partial charge on any atom is -0.490 e. The quantitative estimate of drug-likeness (QED) is 0.442. The van der Waals surface area contributed by atoms with Crippen LogP contribution in [0.4, 0.5) is 0 Å². The maximum absolute atomic E-state index is 5.71. The average molecular weight is 405 g/mol. The third-order valence-corrected chi connectivity index (χ3v) is 4.90. The topological polar surface area (TPSA) is 67.8 Å². The van der Waals surface area contributed by atoms with Crippen LogP contribution in [0.1, 0.15) is 36.2 Å². The molecule has 0 atom stereocenters. The van der Waals surface area contributed by atoms with E-state index in [2.05, 4.69) is 46.6 Å². The Balaban J connectivity index is 1.87. The van der Waals surface area contributed by atoms with Crippen molar-refractivity contribution in [2.24, 2.45) is 4.99 Å². The van der Waals surface area contributed by atoms with Crippen LogP contribution in [0.15, 0.2) is 29.4 Å². The van der Waals surface area contributed by atoms with Crippen molar-refractivity contribution in [1.29, 1.82) is 0 Å². The Morgan fingerprint density at radius 3 is 2.54 bits per heavy atom. The second-order valence-corrected chi connectivity index (χ2v) is 7.52. The van der Waals surface area contributed by atoms with E-state index < -0.39 is 0 Å². The van der Waals surface area contributed by atoms with Gasteiger partial charge < -0.3 is 20.1 Å². The summed E-state index contributed by atoms with van der Waals surface area (Å²) in [5.74, 6) is 2.45. The van der Waals surface area contributed by atoms with Crippen molar-refractivity contribution in [2.75, 3.05) is 32.8 Å². The van der Waals surface area contributed by atoms with Gasteiger partial charge in [-0.05, 0) is 51.8 Å². The molecule has 0 saturated carbocycles. The first-order chi connectivity index (χ1) is 13.7. The predicted octanol–water partition coefficient (Wildman–Crippen LogP) is 3.59. The molecule has 2 aromatic rings. The molecule has 28 heavy (non-hydrogen) atoms. The molecule has 2 rings (SSSR count). The smallest absolute Gasteiger partial charge is 0.191 e. The van der Waals surface area contributed by atoms with Crippen LogP contribution in [-0.2, 0) is 12.8 Å². The lowest BCUT2D eigenvalue weighted by molar-refractivity contribution is 0.287. The van der Waals surface area contributed by atoms with Gasteiger partial charge in [0.1, 0.15) is 0 Å². The lowest BCUT2D eigenvalue weighted by Crippen LogP contribution is -2.38. The molecule has 0 spiro atoms. The summed E-state index contributed by atoms with van der Waals surface area (Å²) in [4.78, 5) is 10.3. The maximum atomic E-state index is 5.71. The Morgan fingerprint density at radius 2 is 1.86 bits per heavy atom. The van der Waals surface area contributed by atoms with Gasteiger partial charge in [0.2, 0.25) is 0 Å². The predicted molar refractivity (Wildman–Crippen MR) is 117 cm³/mol. The molecular weight excluding hydrogens is 372 g/mol. The molecule has 0 aliphatic rings. The molecule has 0 saturated heterocycles. The number of nitrogens with one attached hydrogen (secondary N) is 2. The molecular formula is C21H32N4O2S. The van der Waals surface area contributed by atoms with Crippen LogP contribution < -0.4 is 20.1 Å². The van der Waals surface area contributed by atoms with E-state index in [0.29, 0.717) is 13.2 Å². The van der Waals surface area contributed by atoms with Gasteiger partial charge in [-0.1, -0.05) is 6.07 Å². The Morgan fingerprint density at radius 1 is 1.07 bits per heavy atom. The summed E-state index contributed by atoms with van der Waals surface area (Å²) in [5.41, 5.74) is 1.20. The maximum Gasteiger partial charge on any atom is 0.191 e. The van der Waals surface area contributed by atoms with E-state index in [1.165, 1.54) is 10.4 Å². The highest BCUT2D eigenvalue weighted by Gasteiger charge is 2.06. The van der Waals surface area contributed by atoms with E-state index in [9.17, 15) is 0 Å². The van der Waals surface area contributed by atoms with Gasteiger partial charge in [0.25, 0.3) is 0 Å². The number of rotatable bonds is 11.